The Morgan fingerprint density at radius 1 is 1.31 bits per heavy atom. The second-order valence-electron chi connectivity index (χ2n) is 10.6. The van der Waals surface area contributed by atoms with Gasteiger partial charge in [-0.3, -0.25) is 14.3 Å². The summed E-state index contributed by atoms with van der Waals surface area (Å²) in [5, 5.41) is 0.260. The maximum absolute atomic E-state index is 12.4. The van der Waals surface area contributed by atoms with Crippen LogP contribution in [0.2, 0.25) is 18.1 Å². The quantitative estimate of drug-likeness (QED) is 0.315. The van der Waals surface area contributed by atoms with Crippen LogP contribution in [0, 0.1) is 5.92 Å². The van der Waals surface area contributed by atoms with E-state index in [-0.39, 0.29) is 23.2 Å². The molecule has 0 aliphatic carbocycles. The van der Waals surface area contributed by atoms with Crippen LogP contribution in [0.1, 0.15) is 40.3 Å². The van der Waals surface area contributed by atoms with Gasteiger partial charge in [0.1, 0.15) is 21.5 Å². The lowest BCUT2D eigenvalue weighted by atomic mass is 10.0. The van der Waals surface area contributed by atoms with E-state index < -0.39 is 32.9 Å². The van der Waals surface area contributed by atoms with Crippen LogP contribution >= 0.6 is 7.14 Å². The molecule has 1 saturated heterocycles. The Morgan fingerprint density at radius 2 is 1.97 bits per heavy atom. The molecule has 2 heterocycles. The molecule has 0 aromatic carbocycles. The Kier molecular flexibility index (Phi) is 8.73. The zero-order valence-corrected chi connectivity index (χ0v) is 22.6. The smallest absolute Gasteiger partial charge is 0.330 e. The Bertz CT molecular complexity index is 959. The molecule has 0 amide bonds. The fourth-order valence-corrected chi connectivity index (χ4v) is 5.28. The highest BCUT2D eigenvalue weighted by molar-refractivity contribution is 7.65. The van der Waals surface area contributed by atoms with Gasteiger partial charge in [0.25, 0.3) is 5.56 Å². The summed E-state index contributed by atoms with van der Waals surface area (Å²) in [4.78, 5) is 29.9. The summed E-state index contributed by atoms with van der Waals surface area (Å²) in [6, 6.07) is 1.30. The molecule has 0 radical (unpaired) electrons. The van der Waals surface area contributed by atoms with Crippen molar-refractivity contribution in [3.05, 3.63) is 45.0 Å². The molecule has 0 spiro atoms. The minimum atomic E-state index is -2.35. The van der Waals surface area contributed by atoms with Crippen LogP contribution in [-0.4, -0.2) is 56.5 Å². The summed E-state index contributed by atoms with van der Waals surface area (Å²) in [5.41, 5.74) is -0.995. The number of rotatable bonds is 9. The number of hydrogen-bond donors (Lipinski definition) is 2. The number of nitrogens with zero attached hydrogens (tertiary/aromatic N) is 1. The monoisotopic (exact) mass is 485 g/mol. The molecule has 182 valence electrons. The van der Waals surface area contributed by atoms with Crippen LogP contribution in [-0.2, 0) is 14.0 Å². The van der Waals surface area contributed by atoms with Gasteiger partial charge in [0.05, 0.1) is 6.10 Å². The third-order valence-electron chi connectivity index (χ3n) is 6.45. The molecule has 10 heteroatoms. The van der Waals surface area contributed by atoms with E-state index in [1.54, 1.807) is 25.2 Å². The molecule has 8 nitrogen and oxygen atoms in total. The summed E-state index contributed by atoms with van der Waals surface area (Å²) < 4.78 is 25.9. The summed E-state index contributed by atoms with van der Waals surface area (Å²) in [7, 11) is -3.92. The first-order valence-corrected chi connectivity index (χ1v) is 16.9. The third kappa shape index (κ3) is 7.12. The van der Waals surface area contributed by atoms with Crippen molar-refractivity contribution in [1.82, 2.24) is 14.5 Å². The number of aromatic nitrogens is 2. The molecule has 0 bridgehead atoms. The lowest BCUT2D eigenvalue weighted by molar-refractivity contribution is -0.0610. The number of ether oxygens (including phenoxy) is 2. The molecule has 1 aromatic rings. The standard InChI is InChI=1S/C22H40N3O5PSi/c1-16-17(11-15-31(5,6)28)30-20(25-13-10-18(26)24-21(25)27)19(16)29-14-9-12-23-32(7,8)22(2,3)4/h10-11,13,15-17,19-20,23H,9,12,14H2,1-8H3,(H,24,26,27)/b15-11+/t16-,17-,19-,20-/m1/s1. The van der Waals surface area contributed by atoms with E-state index in [0.717, 1.165) is 13.0 Å². The Labute approximate surface area is 192 Å². The first-order valence-electron chi connectivity index (χ1n) is 11.2. The highest BCUT2D eigenvalue weighted by Crippen LogP contribution is 2.41. The van der Waals surface area contributed by atoms with Gasteiger partial charge >= 0.3 is 5.69 Å². The van der Waals surface area contributed by atoms with Crippen molar-refractivity contribution in [1.29, 1.82) is 0 Å². The summed E-state index contributed by atoms with van der Waals surface area (Å²) >= 11 is 0. The van der Waals surface area contributed by atoms with Crippen molar-refractivity contribution in [2.75, 3.05) is 26.5 Å². The van der Waals surface area contributed by atoms with E-state index in [0.29, 0.717) is 6.61 Å². The summed E-state index contributed by atoms with van der Waals surface area (Å²) in [5.74, 6) is 1.63. The van der Waals surface area contributed by atoms with Gasteiger partial charge in [0, 0.05) is 24.8 Å². The fourth-order valence-electron chi connectivity index (χ4n) is 3.36. The molecule has 0 saturated carbocycles. The summed E-state index contributed by atoms with van der Waals surface area (Å²) in [6.45, 7) is 18.2. The second-order valence-corrected chi connectivity index (χ2v) is 18.9. The molecule has 4 atom stereocenters. The van der Waals surface area contributed by atoms with E-state index >= 15 is 0 Å². The van der Waals surface area contributed by atoms with Crippen molar-refractivity contribution < 1.29 is 14.0 Å². The lowest BCUT2D eigenvalue weighted by Gasteiger charge is -2.37. The van der Waals surface area contributed by atoms with Gasteiger partial charge < -0.3 is 19.0 Å². The SMILES string of the molecule is C[C@H]1[C@@H](OCCCN[Si](C)(C)C(C)(C)C)[C@H](n2ccc(=O)[nH]c2=O)O[C@@H]1/C=C/P(C)(C)=O. The molecule has 1 aliphatic rings. The van der Waals surface area contributed by atoms with Crippen LogP contribution in [0.25, 0.3) is 0 Å². The van der Waals surface area contributed by atoms with E-state index in [1.165, 1.54) is 16.8 Å². The van der Waals surface area contributed by atoms with Crippen molar-refractivity contribution in [2.45, 2.75) is 70.7 Å². The molecular weight excluding hydrogens is 445 g/mol. The Balaban J connectivity index is 2.11. The average Bonchev–Trinajstić information content (AvgIpc) is 2.94. The number of H-pyrrole nitrogens is 1. The van der Waals surface area contributed by atoms with Gasteiger partial charge in [-0.25, -0.2) is 4.79 Å². The highest BCUT2D eigenvalue weighted by Gasteiger charge is 2.43. The van der Waals surface area contributed by atoms with Gasteiger partial charge in [-0.15, -0.1) is 0 Å². The predicted molar refractivity (Wildman–Crippen MR) is 133 cm³/mol. The molecule has 1 aliphatic heterocycles. The molecule has 2 N–H and O–H groups in total. The van der Waals surface area contributed by atoms with Crippen molar-refractivity contribution in [3.8, 4) is 0 Å². The van der Waals surface area contributed by atoms with Crippen LogP contribution in [0.5, 0.6) is 0 Å². The zero-order valence-electron chi connectivity index (χ0n) is 20.7. The fraction of sp³-hybridized carbons (Fsp3) is 0.727. The zero-order chi connectivity index (χ0) is 24.3. The van der Waals surface area contributed by atoms with Gasteiger partial charge in [0.2, 0.25) is 0 Å². The highest BCUT2D eigenvalue weighted by atomic mass is 31.2. The van der Waals surface area contributed by atoms with E-state index in [2.05, 4.69) is 43.8 Å². The number of nitrogens with one attached hydrogen (secondary N) is 2. The van der Waals surface area contributed by atoms with Crippen LogP contribution in [0.4, 0.5) is 0 Å². The lowest BCUT2D eigenvalue weighted by Crippen LogP contribution is -2.52. The van der Waals surface area contributed by atoms with Crippen molar-refractivity contribution in [3.63, 3.8) is 0 Å². The number of hydrogen-bond acceptors (Lipinski definition) is 6. The maximum atomic E-state index is 12.4. The predicted octanol–water partition coefficient (Wildman–Crippen LogP) is 3.58. The maximum Gasteiger partial charge on any atom is 0.330 e. The van der Waals surface area contributed by atoms with Gasteiger partial charge in [-0.1, -0.05) is 46.9 Å². The normalized spacial score (nSPS) is 25.0. The summed E-state index contributed by atoms with van der Waals surface area (Å²) in [6.07, 6.45) is 2.67. The molecule has 1 fully saturated rings. The minimum Gasteiger partial charge on any atom is -0.373 e. The average molecular weight is 486 g/mol. The molecule has 32 heavy (non-hydrogen) atoms. The van der Waals surface area contributed by atoms with Crippen molar-refractivity contribution >= 4 is 15.4 Å². The topological polar surface area (TPSA) is 102 Å². The molecule has 1 aromatic heterocycles. The van der Waals surface area contributed by atoms with Gasteiger partial charge in [-0.2, -0.15) is 0 Å². The molecule has 0 unspecified atom stereocenters. The molecular formula is C22H40N3O5PSi. The van der Waals surface area contributed by atoms with Gasteiger partial charge in [0.15, 0.2) is 6.23 Å². The molecule has 2 rings (SSSR count). The number of aromatic amines is 1. The van der Waals surface area contributed by atoms with Crippen LogP contribution in [0.15, 0.2) is 33.7 Å². The van der Waals surface area contributed by atoms with E-state index in [9.17, 15) is 14.2 Å². The Morgan fingerprint density at radius 3 is 2.53 bits per heavy atom. The largest absolute Gasteiger partial charge is 0.373 e. The van der Waals surface area contributed by atoms with Crippen LogP contribution < -0.4 is 16.2 Å². The first kappa shape index (κ1) is 27.0. The van der Waals surface area contributed by atoms with Crippen molar-refractivity contribution in [2.24, 2.45) is 5.92 Å². The minimum absolute atomic E-state index is 0.0602. The van der Waals surface area contributed by atoms with Crippen LogP contribution in [0.3, 0.4) is 0 Å². The van der Waals surface area contributed by atoms with E-state index in [1.807, 2.05) is 6.92 Å². The van der Waals surface area contributed by atoms with E-state index in [4.69, 9.17) is 9.47 Å². The third-order valence-corrected chi connectivity index (χ3v) is 12.2. The van der Waals surface area contributed by atoms with Gasteiger partial charge in [-0.05, 0) is 37.2 Å². The first-order chi connectivity index (χ1) is 14.6. The second kappa shape index (κ2) is 10.3. The Hall–Kier alpha value is -1.25.